The second-order valence-electron chi connectivity index (χ2n) is 4.36. The Morgan fingerprint density at radius 1 is 1.42 bits per heavy atom. The van der Waals surface area contributed by atoms with Gasteiger partial charge >= 0.3 is 5.97 Å². The molecule has 1 saturated heterocycles. The molecule has 1 aliphatic rings. The third-order valence-corrected chi connectivity index (χ3v) is 6.22. The number of thioether (sulfide) groups is 1. The topological polar surface area (TPSA) is 74.7 Å². The van der Waals surface area contributed by atoms with Crippen LogP contribution in [-0.2, 0) is 20.6 Å². The number of sulfonamides is 1. The number of benzene rings is 1. The maximum atomic E-state index is 12.4. The molecule has 2 atom stereocenters. The van der Waals surface area contributed by atoms with Gasteiger partial charge in [-0.15, -0.1) is 11.8 Å². The van der Waals surface area contributed by atoms with Crippen molar-refractivity contribution >= 4 is 27.8 Å². The monoisotopic (exact) mass is 301 g/mol. The Morgan fingerprint density at radius 2 is 2.05 bits per heavy atom. The maximum absolute atomic E-state index is 12.4. The molecule has 7 heteroatoms. The van der Waals surface area contributed by atoms with E-state index >= 15 is 0 Å². The Labute approximate surface area is 116 Å². The molecule has 1 aromatic carbocycles. The van der Waals surface area contributed by atoms with Crippen LogP contribution in [0.4, 0.5) is 0 Å². The van der Waals surface area contributed by atoms with E-state index in [0.29, 0.717) is 11.3 Å². The van der Waals surface area contributed by atoms with Crippen LogP contribution in [0.3, 0.4) is 0 Å². The first-order valence-corrected chi connectivity index (χ1v) is 8.47. The standard InChI is InChI=1S/C12H15NO4S2/c1-9-13(11(7-18-9)12(14)15)19(16,17)8-10-5-3-2-4-6-10/h2-6,9,11H,7-8H2,1H3,(H,14,15). The van der Waals surface area contributed by atoms with E-state index < -0.39 is 22.0 Å². The second-order valence-corrected chi connectivity index (χ2v) is 7.58. The van der Waals surface area contributed by atoms with Crippen LogP contribution in [0.5, 0.6) is 0 Å². The lowest BCUT2D eigenvalue weighted by Gasteiger charge is -2.24. The molecule has 2 unspecified atom stereocenters. The fourth-order valence-corrected chi connectivity index (χ4v) is 5.59. The largest absolute Gasteiger partial charge is 0.480 e. The molecule has 1 fully saturated rings. The van der Waals surface area contributed by atoms with E-state index in [1.165, 1.54) is 11.8 Å². The van der Waals surface area contributed by atoms with Crippen LogP contribution < -0.4 is 0 Å². The number of hydrogen-bond acceptors (Lipinski definition) is 4. The van der Waals surface area contributed by atoms with Crippen molar-refractivity contribution in [2.24, 2.45) is 0 Å². The number of carboxylic acid groups (broad SMARTS) is 1. The van der Waals surface area contributed by atoms with Crippen molar-refractivity contribution in [1.82, 2.24) is 4.31 Å². The van der Waals surface area contributed by atoms with Crippen molar-refractivity contribution in [3.05, 3.63) is 35.9 Å². The van der Waals surface area contributed by atoms with E-state index in [-0.39, 0.29) is 11.1 Å². The molecule has 0 saturated carbocycles. The summed E-state index contributed by atoms with van der Waals surface area (Å²) < 4.78 is 25.9. The van der Waals surface area contributed by atoms with Gasteiger partial charge in [-0.3, -0.25) is 4.79 Å². The summed E-state index contributed by atoms with van der Waals surface area (Å²) >= 11 is 1.35. The van der Waals surface area contributed by atoms with Gasteiger partial charge in [0, 0.05) is 5.75 Å². The number of carbonyl (C=O) groups is 1. The van der Waals surface area contributed by atoms with E-state index in [4.69, 9.17) is 5.11 Å². The van der Waals surface area contributed by atoms with Crippen LogP contribution in [-0.4, -0.2) is 41.0 Å². The summed E-state index contributed by atoms with van der Waals surface area (Å²) in [5.41, 5.74) is 0.663. The Kier molecular flexibility index (Phi) is 4.17. The average molecular weight is 301 g/mol. The van der Waals surface area contributed by atoms with Gasteiger partial charge in [0.25, 0.3) is 0 Å². The third-order valence-electron chi connectivity index (χ3n) is 2.96. The average Bonchev–Trinajstić information content (AvgIpc) is 2.73. The molecule has 1 heterocycles. The first-order valence-electron chi connectivity index (χ1n) is 5.81. The zero-order valence-electron chi connectivity index (χ0n) is 10.4. The number of carboxylic acids is 1. The van der Waals surface area contributed by atoms with E-state index in [1.54, 1.807) is 31.2 Å². The van der Waals surface area contributed by atoms with Crippen LogP contribution >= 0.6 is 11.8 Å². The summed E-state index contributed by atoms with van der Waals surface area (Å²) in [7, 11) is -3.62. The summed E-state index contributed by atoms with van der Waals surface area (Å²) in [6, 6.07) is 7.82. The predicted octanol–water partition coefficient (Wildman–Crippen LogP) is 1.36. The summed E-state index contributed by atoms with van der Waals surface area (Å²) in [5, 5.41) is 8.77. The SMILES string of the molecule is CC1SCC(C(=O)O)N1S(=O)(=O)Cc1ccccc1. The molecule has 1 aromatic rings. The van der Waals surface area contributed by atoms with E-state index in [0.717, 1.165) is 4.31 Å². The normalized spacial score (nSPS) is 24.5. The Bertz CT molecular complexity index is 558. The minimum Gasteiger partial charge on any atom is -0.480 e. The molecule has 19 heavy (non-hydrogen) atoms. The van der Waals surface area contributed by atoms with Crippen molar-refractivity contribution in [1.29, 1.82) is 0 Å². The van der Waals surface area contributed by atoms with Gasteiger partial charge in [0.1, 0.15) is 6.04 Å². The van der Waals surface area contributed by atoms with Crippen LogP contribution in [0.15, 0.2) is 30.3 Å². The number of nitrogens with zero attached hydrogens (tertiary/aromatic N) is 1. The van der Waals surface area contributed by atoms with Gasteiger partial charge in [0.15, 0.2) is 0 Å². The van der Waals surface area contributed by atoms with E-state index in [9.17, 15) is 13.2 Å². The molecule has 1 aliphatic heterocycles. The van der Waals surface area contributed by atoms with Gasteiger partial charge in [-0.25, -0.2) is 8.42 Å². The third kappa shape index (κ3) is 3.10. The molecule has 1 N–H and O–H groups in total. The van der Waals surface area contributed by atoms with Crippen molar-refractivity contribution in [3.8, 4) is 0 Å². The van der Waals surface area contributed by atoms with Gasteiger partial charge in [0.05, 0.1) is 11.1 Å². The minimum absolute atomic E-state index is 0.164. The molecule has 0 aliphatic carbocycles. The molecule has 0 spiro atoms. The van der Waals surface area contributed by atoms with Crippen LogP contribution in [0.1, 0.15) is 12.5 Å². The van der Waals surface area contributed by atoms with Crippen LogP contribution in [0.2, 0.25) is 0 Å². The summed E-state index contributed by atoms with van der Waals surface area (Å²) in [5.74, 6) is -0.957. The lowest BCUT2D eigenvalue weighted by molar-refractivity contribution is -0.140. The zero-order chi connectivity index (χ0) is 14.0. The van der Waals surface area contributed by atoms with Crippen LogP contribution in [0, 0.1) is 0 Å². The Balaban J connectivity index is 2.25. The van der Waals surface area contributed by atoms with Crippen molar-refractivity contribution in [2.45, 2.75) is 24.1 Å². The highest BCUT2D eigenvalue weighted by Gasteiger charge is 2.43. The molecular weight excluding hydrogens is 286 g/mol. The molecule has 5 nitrogen and oxygen atoms in total. The molecule has 0 bridgehead atoms. The lowest BCUT2D eigenvalue weighted by Crippen LogP contribution is -2.45. The molecule has 2 rings (SSSR count). The highest BCUT2D eigenvalue weighted by atomic mass is 32.2. The molecule has 0 amide bonds. The van der Waals surface area contributed by atoms with Crippen LogP contribution in [0.25, 0.3) is 0 Å². The quantitative estimate of drug-likeness (QED) is 0.909. The minimum atomic E-state index is -3.62. The van der Waals surface area contributed by atoms with Gasteiger partial charge in [-0.05, 0) is 12.5 Å². The Hall–Kier alpha value is -1.05. The Morgan fingerprint density at radius 3 is 2.63 bits per heavy atom. The first-order chi connectivity index (χ1) is 8.92. The number of aliphatic carboxylic acids is 1. The highest BCUT2D eigenvalue weighted by Crippen LogP contribution is 2.32. The van der Waals surface area contributed by atoms with Crippen molar-refractivity contribution in [2.75, 3.05) is 5.75 Å². The second kappa shape index (κ2) is 5.52. The van der Waals surface area contributed by atoms with Crippen molar-refractivity contribution < 1.29 is 18.3 Å². The molecule has 0 radical (unpaired) electrons. The number of hydrogen-bond donors (Lipinski definition) is 1. The molecule has 0 aromatic heterocycles. The smallest absolute Gasteiger partial charge is 0.322 e. The zero-order valence-corrected chi connectivity index (χ0v) is 12.0. The summed E-state index contributed by atoms with van der Waals surface area (Å²) in [6.07, 6.45) is 0. The predicted molar refractivity (Wildman–Crippen MR) is 74.2 cm³/mol. The summed E-state index contributed by atoms with van der Waals surface area (Å²) in [4.78, 5) is 11.1. The molecular formula is C12H15NO4S2. The maximum Gasteiger partial charge on any atom is 0.322 e. The van der Waals surface area contributed by atoms with Gasteiger partial charge in [0.2, 0.25) is 10.0 Å². The van der Waals surface area contributed by atoms with Gasteiger partial charge in [-0.2, -0.15) is 4.31 Å². The van der Waals surface area contributed by atoms with E-state index in [1.807, 2.05) is 6.07 Å². The fraction of sp³-hybridized carbons (Fsp3) is 0.417. The summed E-state index contributed by atoms with van der Waals surface area (Å²) in [6.45, 7) is 1.72. The first kappa shape index (κ1) is 14.4. The number of rotatable bonds is 4. The highest BCUT2D eigenvalue weighted by molar-refractivity contribution is 8.01. The van der Waals surface area contributed by atoms with Gasteiger partial charge in [-0.1, -0.05) is 30.3 Å². The van der Waals surface area contributed by atoms with E-state index in [2.05, 4.69) is 0 Å². The molecule has 104 valence electrons. The van der Waals surface area contributed by atoms with Crippen molar-refractivity contribution in [3.63, 3.8) is 0 Å². The van der Waals surface area contributed by atoms with Gasteiger partial charge < -0.3 is 5.11 Å². The lowest BCUT2D eigenvalue weighted by atomic mass is 10.2. The fourth-order valence-electron chi connectivity index (χ4n) is 2.09.